The number of hydrogen-bond donors (Lipinski definition) is 6. The average molecular weight is 485 g/mol. The van der Waals surface area contributed by atoms with Gasteiger partial charge in [-0.1, -0.05) is 13.8 Å². The van der Waals surface area contributed by atoms with Crippen LogP contribution in [0.4, 0.5) is 0 Å². The number of carboxylic acid groups (broad SMARTS) is 2. The molecule has 0 aliphatic carbocycles. The Bertz CT molecular complexity index is 1010. The maximum atomic E-state index is 13.4. The summed E-state index contributed by atoms with van der Waals surface area (Å²) < 4.78 is 1.50. The molecule has 1 heterocycles. The fourth-order valence-electron chi connectivity index (χ4n) is 3.36. The van der Waals surface area contributed by atoms with Crippen molar-refractivity contribution in [3.63, 3.8) is 0 Å². The molecule has 8 N–H and O–H groups in total. The Kier molecular flexibility index (Phi) is 9.65. The molecule has 34 heavy (non-hydrogen) atoms. The second-order valence-electron chi connectivity index (χ2n) is 7.89. The second kappa shape index (κ2) is 11.7. The van der Waals surface area contributed by atoms with Gasteiger partial charge in [-0.15, -0.1) is 0 Å². The Balaban J connectivity index is 3.67. The van der Waals surface area contributed by atoms with E-state index in [1.807, 2.05) is 0 Å². The smallest absolute Gasteiger partial charge is 0.350 e. The van der Waals surface area contributed by atoms with E-state index in [0.29, 0.717) is 16.1 Å². The number of carbonyl (C=O) groups is 4. The highest BCUT2D eigenvalue weighted by Gasteiger charge is 2.41. The third-order valence-corrected chi connectivity index (χ3v) is 4.84. The monoisotopic (exact) mass is 485 g/mol. The third-order valence-electron chi connectivity index (χ3n) is 4.84. The zero-order valence-corrected chi connectivity index (χ0v) is 19.4. The molecule has 15 heteroatoms. The first-order chi connectivity index (χ1) is 15.7. The zero-order chi connectivity index (χ0) is 26.3. The Hall–Kier alpha value is -4.04. The molecule has 1 aromatic heterocycles. The van der Waals surface area contributed by atoms with Crippen molar-refractivity contribution >= 4 is 29.7 Å². The number of hydrogen-bond acceptors (Lipinski definition) is 7. The summed E-state index contributed by atoms with van der Waals surface area (Å²) in [5, 5.41) is 32.5. The van der Waals surface area contributed by atoms with Gasteiger partial charge < -0.3 is 32.1 Å². The van der Waals surface area contributed by atoms with E-state index in [4.69, 9.17) is 11.5 Å². The molecule has 0 aromatic carbocycles. The predicted molar refractivity (Wildman–Crippen MR) is 120 cm³/mol. The molecule has 2 amide bonds. The Morgan fingerprint density at radius 3 is 2.21 bits per heavy atom. The largest absolute Gasteiger partial charge is 0.492 e. The average Bonchev–Trinajstić information content (AvgIpc) is 2.89. The van der Waals surface area contributed by atoms with E-state index in [0.717, 1.165) is 11.5 Å². The van der Waals surface area contributed by atoms with E-state index in [9.17, 15) is 39.3 Å². The van der Waals surface area contributed by atoms with Gasteiger partial charge in [0, 0.05) is 20.5 Å². The van der Waals surface area contributed by atoms with Crippen molar-refractivity contribution < 1.29 is 34.5 Å². The standard InChI is InChI=1S/C19H31N7O8/c1-9(2)14(17(32)33)25(15(30)11(8-13(28)29)23-10(3)27)26-16(31)12(24(4)19(26)34)6-5-7-22-18(20)21/h9,11,14,31H,5-8H2,1-4H3,(H,23,27)(H,28,29)(H,32,33)(H4,20,21,22)/t11-,14-/m0/s1. The number of aromatic hydroxyl groups is 1. The fourth-order valence-corrected chi connectivity index (χ4v) is 3.36. The van der Waals surface area contributed by atoms with Crippen LogP contribution in [0.2, 0.25) is 0 Å². The lowest BCUT2D eigenvalue weighted by Crippen LogP contribution is -2.62. The number of nitrogens with zero attached hydrogens (tertiary/aromatic N) is 4. The van der Waals surface area contributed by atoms with Gasteiger partial charge in [0.1, 0.15) is 6.04 Å². The van der Waals surface area contributed by atoms with Gasteiger partial charge in [0.15, 0.2) is 12.0 Å². The number of amides is 2. The topological polar surface area (TPSA) is 236 Å². The highest BCUT2D eigenvalue weighted by Crippen LogP contribution is 2.22. The molecule has 0 spiro atoms. The fraction of sp³-hybridized carbons (Fsp3) is 0.579. The molecule has 0 unspecified atom stereocenters. The number of nitrogens with two attached hydrogens (primary N) is 2. The summed E-state index contributed by atoms with van der Waals surface area (Å²) in [5.41, 5.74) is 9.65. The van der Waals surface area contributed by atoms with Crippen LogP contribution in [0, 0.1) is 5.92 Å². The van der Waals surface area contributed by atoms with Crippen LogP contribution < -0.4 is 27.5 Å². The molecular weight excluding hydrogens is 454 g/mol. The highest BCUT2D eigenvalue weighted by molar-refractivity contribution is 5.99. The van der Waals surface area contributed by atoms with Crippen LogP contribution >= 0.6 is 0 Å². The van der Waals surface area contributed by atoms with Crippen molar-refractivity contribution in [3.05, 3.63) is 16.2 Å². The van der Waals surface area contributed by atoms with Crippen molar-refractivity contribution in [1.82, 2.24) is 14.6 Å². The highest BCUT2D eigenvalue weighted by atomic mass is 16.4. The van der Waals surface area contributed by atoms with Gasteiger partial charge in [-0.05, 0) is 18.8 Å². The van der Waals surface area contributed by atoms with E-state index in [2.05, 4.69) is 10.3 Å². The van der Waals surface area contributed by atoms with Gasteiger partial charge in [-0.25, -0.2) is 14.6 Å². The number of guanidine groups is 1. The molecule has 0 fully saturated rings. The van der Waals surface area contributed by atoms with Crippen molar-refractivity contribution in [3.8, 4) is 5.88 Å². The summed E-state index contributed by atoms with van der Waals surface area (Å²) in [4.78, 5) is 65.2. The number of aliphatic imine (C=N–C) groups is 1. The maximum absolute atomic E-state index is 13.4. The van der Waals surface area contributed by atoms with E-state index < -0.39 is 59.7 Å². The van der Waals surface area contributed by atoms with Crippen LogP contribution in [-0.4, -0.2) is 72.9 Å². The number of nitrogens with one attached hydrogen (secondary N) is 1. The lowest BCUT2D eigenvalue weighted by molar-refractivity contribution is -0.143. The second-order valence-corrected chi connectivity index (χ2v) is 7.89. The summed E-state index contributed by atoms with van der Waals surface area (Å²) in [6.07, 6.45) is -0.489. The lowest BCUT2D eigenvalue weighted by Gasteiger charge is -2.33. The van der Waals surface area contributed by atoms with E-state index >= 15 is 0 Å². The summed E-state index contributed by atoms with van der Waals surface area (Å²) >= 11 is 0. The van der Waals surface area contributed by atoms with Crippen molar-refractivity contribution in [1.29, 1.82) is 0 Å². The molecule has 2 atom stereocenters. The lowest BCUT2D eigenvalue weighted by atomic mass is 10.0. The van der Waals surface area contributed by atoms with Crippen LogP contribution in [0.1, 0.15) is 39.3 Å². The number of aromatic nitrogens is 2. The van der Waals surface area contributed by atoms with Gasteiger partial charge in [0.05, 0.1) is 12.1 Å². The summed E-state index contributed by atoms with van der Waals surface area (Å²) in [6.45, 7) is 4.15. The maximum Gasteiger partial charge on any atom is 0.350 e. The Labute approximate surface area is 194 Å². The van der Waals surface area contributed by atoms with Gasteiger partial charge in [0.25, 0.3) is 5.91 Å². The molecule has 0 bridgehead atoms. The number of carboxylic acids is 2. The van der Waals surface area contributed by atoms with E-state index in [1.54, 1.807) is 0 Å². The minimum absolute atomic E-state index is 0.0656. The number of rotatable bonds is 12. The first-order valence-electron chi connectivity index (χ1n) is 10.3. The minimum atomic E-state index is -1.70. The molecule has 0 aliphatic rings. The Morgan fingerprint density at radius 2 is 1.76 bits per heavy atom. The third kappa shape index (κ3) is 6.73. The molecule has 1 rings (SSSR count). The quantitative estimate of drug-likeness (QED) is 0.105. The molecule has 1 aromatic rings. The van der Waals surface area contributed by atoms with Crippen LogP contribution in [0.15, 0.2) is 9.79 Å². The van der Waals surface area contributed by atoms with Crippen molar-refractivity contribution in [2.45, 2.75) is 52.1 Å². The van der Waals surface area contributed by atoms with Crippen LogP contribution in [-0.2, 0) is 32.6 Å². The molecule has 190 valence electrons. The molecular formula is C19H31N7O8. The Morgan fingerprint density at radius 1 is 1.18 bits per heavy atom. The predicted octanol–water partition coefficient (Wildman–Crippen LogP) is -2.35. The summed E-state index contributed by atoms with van der Waals surface area (Å²) in [5.74, 6) is -6.54. The summed E-state index contributed by atoms with van der Waals surface area (Å²) in [6, 6.07) is -3.38. The number of aliphatic carboxylic acids is 2. The van der Waals surface area contributed by atoms with Gasteiger partial charge >= 0.3 is 17.6 Å². The first-order valence-corrected chi connectivity index (χ1v) is 10.3. The number of imidazole rings is 1. The summed E-state index contributed by atoms with van der Waals surface area (Å²) in [7, 11) is 1.31. The molecule has 0 saturated carbocycles. The van der Waals surface area contributed by atoms with Gasteiger partial charge in [0.2, 0.25) is 11.8 Å². The number of carbonyl (C=O) groups excluding carboxylic acids is 2. The first kappa shape index (κ1) is 28.0. The molecule has 0 radical (unpaired) electrons. The van der Waals surface area contributed by atoms with Gasteiger partial charge in [-0.2, -0.15) is 4.68 Å². The molecule has 15 nitrogen and oxygen atoms in total. The normalized spacial score (nSPS) is 12.6. The van der Waals surface area contributed by atoms with Crippen LogP contribution in [0.3, 0.4) is 0 Å². The van der Waals surface area contributed by atoms with E-state index in [-0.39, 0.29) is 24.6 Å². The SMILES string of the molecule is CC(=O)N[C@@H](CC(=O)O)C(=O)N([C@H](C(=O)O)C(C)C)n1c(O)c(CCCN=C(N)N)n(C)c1=O. The van der Waals surface area contributed by atoms with Gasteiger partial charge in [-0.3, -0.25) is 23.9 Å². The zero-order valence-electron chi connectivity index (χ0n) is 19.4. The van der Waals surface area contributed by atoms with E-state index in [1.165, 1.54) is 20.9 Å². The molecule has 0 saturated heterocycles. The van der Waals surface area contributed by atoms with Crippen molar-refractivity contribution in [2.24, 2.45) is 29.4 Å². The minimum Gasteiger partial charge on any atom is -0.492 e. The van der Waals surface area contributed by atoms with Crippen molar-refractivity contribution in [2.75, 3.05) is 11.6 Å². The molecule has 0 aliphatic heterocycles. The van der Waals surface area contributed by atoms with Crippen LogP contribution in [0.5, 0.6) is 5.88 Å². The van der Waals surface area contributed by atoms with Crippen LogP contribution in [0.25, 0.3) is 0 Å².